The Morgan fingerprint density at radius 1 is 1.29 bits per heavy atom. The summed E-state index contributed by atoms with van der Waals surface area (Å²) in [7, 11) is 0. The zero-order chi connectivity index (χ0) is 12.4. The smallest absolute Gasteiger partial charge is 0.0631 e. The zero-order valence-electron chi connectivity index (χ0n) is 9.92. The Morgan fingerprint density at radius 2 is 2.06 bits per heavy atom. The number of aliphatic hydroxyl groups excluding tert-OH is 1. The number of nitrogens with zero attached hydrogens (tertiary/aromatic N) is 1. The Kier molecular flexibility index (Phi) is 3.54. The molecule has 0 aliphatic heterocycles. The van der Waals surface area contributed by atoms with Crippen molar-refractivity contribution in [2.24, 2.45) is 0 Å². The fourth-order valence-electron chi connectivity index (χ4n) is 1.57. The van der Waals surface area contributed by atoms with Crippen LogP contribution in [0.3, 0.4) is 0 Å². The molecule has 1 aromatic carbocycles. The van der Waals surface area contributed by atoms with Gasteiger partial charge in [0.25, 0.3) is 0 Å². The Hall–Kier alpha value is -1.26. The molecule has 0 saturated carbocycles. The number of thioether (sulfide) groups is 1. The topological polar surface area (TPSA) is 59.1 Å². The van der Waals surface area contributed by atoms with Crippen LogP contribution in [0.25, 0.3) is 10.8 Å². The number of aliphatic hydroxyl groups is 1. The van der Waals surface area contributed by atoms with Crippen LogP contribution < -0.4 is 5.73 Å². The Balaban J connectivity index is 2.39. The molecule has 1 aromatic heterocycles. The minimum Gasteiger partial charge on any atom is -0.397 e. The van der Waals surface area contributed by atoms with Crippen LogP contribution in [0.2, 0.25) is 0 Å². The molecule has 3 N–H and O–H groups in total. The first kappa shape index (κ1) is 12.2. The molecule has 0 saturated heterocycles. The number of nitrogens with two attached hydrogens (primary N) is 1. The molecule has 0 aliphatic carbocycles. The molecule has 90 valence electrons. The minimum atomic E-state index is -0.354. The van der Waals surface area contributed by atoms with Crippen molar-refractivity contribution in [1.29, 1.82) is 0 Å². The summed E-state index contributed by atoms with van der Waals surface area (Å²) in [6, 6.07) is 5.92. The van der Waals surface area contributed by atoms with Crippen molar-refractivity contribution in [3.05, 3.63) is 30.6 Å². The third kappa shape index (κ3) is 2.53. The van der Waals surface area contributed by atoms with Gasteiger partial charge in [0.1, 0.15) is 0 Å². The lowest BCUT2D eigenvalue weighted by Crippen LogP contribution is -2.15. The van der Waals surface area contributed by atoms with Gasteiger partial charge >= 0.3 is 0 Å². The summed E-state index contributed by atoms with van der Waals surface area (Å²) in [4.78, 5) is 5.08. The van der Waals surface area contributed by atoms with Crippen molar-refractivity contribution in [3.8, 4) is 0 Å². The van der Waals surface area contributed by atoms with E-state index in [1.807, 2.05) is 25.1 Å². The number of nitrogen functional groups attached to an aromatic ring is 1. The van der Waals surface area contributed by atoms with Crippen molar-refractivity contribution in [1.82, 2.24) is 4.98 Å². The van der Waals surface area contributed by atoms with Gasteiger partial charge in [-0.1, -0.05) is 13.0 Å². The summed E-state index contributed by atoms with van der Waals surface area (Å²) >= 11 is 1.60. The standard InChI is InChI=1S/C13H16N2OS/c1-8(16)9(2)17-12-4-3-10-7-15-6-5-11(10)13(12)14/h3-9,16H,14H2,1-2H3. The molecule has 0 aliphatic rings. The number of rotatable bonds is 3. The molecule has 1 heterocycles. The van der Waals surface area contributed by atoms with Gasteiger partial charge in [0.15, 0.2) is 0 Å². The van der Waals surface area contributed by atoms with Crippen LogP contribution in [0.1, 0.15) is 13.8 Å². The molecule has 0 radical (unpaired) electrons. The average Bonchev–Trinajstić information content (AvgIpc) is 2.33. The maximum absolute atomic E-state index is 9.51. The molecule has 17 heavy (non-hydrogen) atoms. The van der Waals surface area contributed by atoms with E-state index in [0.29, 0.717) is 0 Å². The third-order valence-electron chi connectivity index (χ3n) is 2.81. The average molecular weight is 248 g/mol. The highest BCUT2D eigenvalue weighted by Crippen LogP contribution is 2.34. The Labute approximate surface area is 105 Å². The summed E-state index contributed by atoms with van der Waals surface area (Å²) < 4.78 is 0. The second kappa shape index (κ2) is 4.94. The van der Waals surface area contributed by atoms with E-state index < -0.39 is 0 Å². The second-order valence-corrected chi connectivity index (χ2v) is 5.56. The highest BCUT2D eigenvalue weighted by molar-refractivity contribution is 8.00. The number of aromatic nitrogens is 1. The van der Waals surface area contributed by atoms with Crippen molar-refractivity contribution in [2.45, 2.75) is 30.1 Å². The molecular formula is C13H16N2OS. The van der Waals surface area contributed by atoms with Crippen molar-refractivity contribution < 1.29 is 5.11 Å². The summed E-state index contributed by atoms with van der Waals surface area (Å²) in [6.45, 7) is 3.78. The van der Waals surface area contributed by atoms with Crippen molar-refractivity contribution in [3.63, 3.8) is 0 Å². The quantitative estimate of drug-likeness (QED) is 0.647. The van der Waals surface area contributed by atoms with Gasteiger partial charge in [-0.15, -0.1) is 11.8 Å². The Morgan fingerprint density at radius 3 is 2.76 bits per heavy atom. The lowest BCUT2D eigenvalue weighted by Gasteiger charge is -2.16. The van der Waals surface area contributed by atoms with E-state index in [4.69, 9.17) is 5.73 Å². The SMILES string of the molecule is CC(O)C(C)Sc1ccc2cnccc2c1N. The molecule has 2 rings (SSSR count). The second-order valence-electron chi connectivity index (χ2n) is 4.14. The van der Waals surface area contributed by atoms with Crippen LogP contribution in [-0.4, -0.2) is 21.4 Å². The van der Waals surface area contributed by atoms with Crippen LogP contribution in [0.4, 0.5) is 5.69 Å². The summed E-state index contributed by atoms with van der Waals surface area (Å²) in [5.41, 5.74) is 6.90. The number of pyridine rings is 1. The summed E-state index contributed by atoms with van der Waals surface area (Å²) in [6.07, 6.45) is 3.19. The molecule has 0 spiro atoms. The van der Waals surface area contributed by atoms with Crippen molar-refractivity contribution >= 4 is 28.2 Å². The van der Waals surface area contributed by atoms with E-state index in [0.717, 1.165) is 21.4 Å². The van der Waals surface area contributed by atoms with Gasteiger partial charge in [0, 0.05) is 33.3 Å². The predicted octanol–water partition coefficient (Wildman–Crippen LogP) is 2.68. The van der Waals surface area contributed by atoms with E-state index in [9.17, 15) is 5.11 Å². The highest BCUT2D eigenvalue weighted by Gasteiger charge is 2.13. The predicted molar refractivity (Wildman–Crippen MR) is 73.2 cm³/mol. The van der Waals surface area contributed by atoms with Crippen LogP contribution in [0, 0.1) is 0 Å². The van der Waals surface area contributed by atoms with Crippen LogP contribution >= 0.6 is 11.8 Å². The van der Waals surface area contributed by atoms with E-state index in [-0.39, 0.29) is 11.4 Å². The maximum atomic E-state index is 9.51. The van der Waals surface area contributed by atoms with Gasteiger partial charge in [0.2, 0.25) is 0 Å². The van der Waals surface area contributed by atoms with Crippen LogP contribution in [0.5, 0.6) is 0 Å². The highest BCUT2D eigenvalue weighted by atomic mass is 32.2. The molecule has 0 amide bonds. The van der Waals surface area contributed by atoms with Gasteiger partial charge in [-0.05, 0) is 19.1 Å². The number of anilines is 1. The molecule has 0 bridgehead atoms. The lowest BCUT2D eigenvalue weighted by atomic mass is 10.1. The van der Waals surface area contributed by atoms with E-state index >= 15 is 0 Å². The normalized spacial score (nSPS) is 14.8. The fraction of sp³-hybridized carbons (Fsp3) is 0.308. The first-order valence-electron chi connectivity index (χ1n) is 5.56. The first-order valence-corrected chi connectivity index (χ1v) is 6.44. The van der Waals surface area contributed by atoms with E-state index in [2.05, 4.69) is 4.98 Å². The van der Waals surface area contributed by atoms with E-state index in [1.165, 1.54) is 0 Å². The monoisotopic (exact) mass is 248 g/mol. The summed E-state index contributed by atoms with van der Waals surface area (Å²) in [5.74, 6) is 0. The molecule has 3 nitrogen and oxygen atoms in total. The summed E-state index contributed by atoms with van der Waals surface area (Å²) in [5, 5.41) is 11.7. The third-order valence-corrected chi connectivity index (χ3v) is 4.19. The fourth-order valence-corrected chi connectivity index (χ4v) is 2.56. The van der Waals surface area contributed by atoms with E-state index in [1.54, 1.807) is 31.1 Å². The lowest BCUT2D eigenvalue weighted by molar-refractivity contribution is 0.196. The molecule has 4 heteroatoms. The molecule has 0 fully saturated rings. The zero-order valence-corrected chi connectivity index (χ0v) is 10.7. The van der Waals surface area contributed by atoms with Gasteiger partial charge < -0.3 is 10.8 Å². The molecule has 2 unspecified atom stereocenters. The van der Waals surface area contributed by atoms with Crippen LogP contribution in [0.15, 0.2) is 35.5 Å². The van der Waals surface area contributed by atoms with Crippen LogP contribution in [-0.2, 0) is 0 Å². The number of hydrogen-bond donors (Lipinski definition) is 2. The number of hydrogen-bond acceptors (Lipinski definition) is 4. The molecular weight excluding hydrogens is 232 g/mol. The largest absolute Gasteiger partial charge is 0.397 e. The Bertz CT molecular complexity index is 528. The van der Waals surface area contributed by atoms with Gasteiger partial charge in [-0.3, -0.25) is 4.98 Å². The van der Waals surface area contributed by atoms with Gasteiger partial charge in [0.05, 0.1) is 11.8 Å². The number of benzene rings is 1. The number of fused-ring (bicyclic) bond motifs is 1. The minimum absolute atomic E-state index is 0.122. The van der Waals surface area contributed by atoms with Gasteiger partial charge in [-0.2, -0.15) is 0 Å². The molecule has 2 aromatic rings. The van der Waals surface area contributed by atoms with Crippen molar-refractivity contribution in [2.75, 3.05) is 5.73 Å². The molecule has 2 atom stereocenters. The van der Waals surface area contributed by atoms with Gasteiger partial charge in [-0.25, -0.2) is 0 Å². The first-order chi connectivity index (χ1) is 8.09. The maximum Gasteiger partial charge on any atom is 0.0631 e.